The molecule has 0 saturated carbocycles. The predicted molar refractivity (Wildman–Crippen MR) is 53.2 cm³/mol. The topological polar surface area (TPSA) is 66.4 Å². The smallest absolute Gasteiger partial charge is 0.391 e. The van der Waals surface area contributed by atoms with Gasteiger partial charge in [-0.3, -0.25) is 4.79 Å². The molecule has 2 N–H and O–H groups in total. The van der Waals surface area contributed by atoms with Gasteiger partial charge in [0.05, 0.1) is 6.42 Å². The summed E-state index contributed by atoms with van der Waals surface area (Å²) in [5, 5.41) is 10.3. The van der Waals surface area contributed by atoms with Crippen LogP contribution in [0.1, 0.15) is 12.8 Å². The molecule has 0 radical (unpaired) electrons. The van der Waals surface area contributed by atoms with Gasteiger partial charge in [-0.05, 0) is 6.26 Å². The SMILES string of the molecule is CSCCC(=O)NC(CC(F)(F)F)C(=O)O. The first kappa shape index (κ1) is 15.1. The molecule has 0 spiro atoms. The van der Waals surface area contributed by atoms with Crippen molar-refractivity contribution in [2.24, 2.45) is 0 Å². The Kier molecular flexibility index (Phi) is 6.24. The second-order valence-corrected chi connectivity index (χ2v) is 4.01. The Balaban J connectivity index is 4.24. The molecular weight excluding hydrogens is 247 g/mol. The van der Waals surface area contributed by atoms with E-state index in [9.17, 15) is 22.8 Å². The van der Waals surface area contributed by atoms with E-state index in [1.54, 1.807) is 6.26 Å². The fourth-order valence-corrected chi connectivity index (χ4v) is 1.28. The van der Waals surface area contributed by atoms with E-state index in [0.717, 1.165) is 0 Å². The third kappa shape index (κ3) is 7.38. The Labute approximate surface area is 94.6 Å². The quantitative estimate of drug-likeness (QED) is 0.753. The summed E-state index contributed by atoms with van der Waals surface area (Å²) in [5.41, 5.74) is 0. The Bertz CT molecular complexity index is 257. The number of nitrogens with one attached hydrogen (secondary N) is 1. The molecule has 0 aromatic carbocycles. The van der Waals surface area contributed by atoms with Gasteiger partial charge in [-0.1, -0.05) is 0 Å². The van der Waals surface area contributed by atoms with Crippen molar-refractivity contribution in [3.63, 3.8) is 0 Å². The second kappa shape index (κ2) is 6.62. The number of carboxylic acid groups (broad SMARTS) is 1. The summed E-state index contributed by atoms with van der Waals surface area (Å²) in [7, 11) is 0. The van der Waals surface area contributed by atoms with Gasteiger partial charge in [0.2, 0.25) is 5.91 Å². The van der Waals surface area contributed by atoms with E-state index in [0.29, 0.717) is 5.75 Å². The van der Waals surface area contributed by atoms with Gasteiger partial charge in [-0.25, -0.2) is 4.79 Å². The number of hydrogen-bond acceptors (Lipinski definition) is 3. The number of carbonyl (C=O) groups is 2. The molecule has 0 fully saturated rings. The monoisotopic (exact) mass is 259 g/mol. The molecule has 0 aliphatic heterocycles. The van der Waals surface area contributed by atoms with Crippen LogP contribution < -0.4 is 5.32 Å². The standard InChI is InChI=1S/C8H12F3NO3S/c1-16-3-2-6(13)12-5(7(14)15)4-8(9,10)11/h5H,2-4H2,1H3,(H,12,13)(H,14,15). The lowest BCUT2D eigenvalue weighted by Crippen LogP contribution is -2.43. The van der Waals surface area contributed by atoms with Crippen LogP contribution in [0.25, 0.3) is 0 Å². The first-order valence-electron chi connectivity index (χ1n) is 4.34. The molecule has 16 heavy (non-hydrogen) atoms. The number of alkyl halides is 3. The molecule has 0 aliphatic rings. The van der Waals surface area contributed by atoms with Crippen molar-refractivity contribution in [3.05, 3.63) is 0 Å². The molecular formula is C8H12F3NO3S. The van der Waals surface area contributed by atoms with Crippen LogP contribution in [-0.2, 0) is 9.59 Å². The van der Waals surface area contributed by atoms with Crippen molar-refractivity contribution >= 4 is 23.6 Å². The third-order valence-corrected chi connectivity index (χ3v) is 2.21. The highest BCUT2D eigenvalue weighted by atomic mass is 32.2. The number of carboxylic acids is 1. The molecule has 0 heterocycles. The molecule has 0 aliphatic carbocycles. The fourth-order valence-electron chi connectivity index (χ4n) is 0.893. The third-order valence-electron chi connectivity index (χ3n) is 1.60. The van der Waals surface area contributed by atoms with Gasteiger partial charge in [-0.15, -0.1) is 0 Å². The minimum atomic E-state index is -4.62. The maximum absolute atomic E-state index is 11.9. The number of amides is 1. The van der Waals surface area contributed by atoms with Crippen molar-refractivity contribution in [1.82, 2.24) is 5.32 Å². The molecule has 1 atom stereocenters. The molecule has 94 valence electrons. The van der Waals surface area contributed by atoms with Gasteiger partial charge in [0.1, 0.15) is 6.04 Å². The summed E-state index contributed by atoms with van der Waals surface area (Å²) < 4.78 is 35.8. The summed E-state index contributed by atoms with van der Waals surface area (Å²) in [6.07, 6.45) is -4.44. The minimum Gasteiger partial charge on any atom is -0.480 e. The number of aliphatic carboxylic acids is 1. The molecule has 0 bridgehead atoms. The summed E-state index contributed by atoms with van der Waals surface area (Å²) in [4.78, 5) is 21.5. The first-order chi connectivity index (χ1) is 7.26. The van der Waals surface area contributed by atoms with Gasteiger partial charge in [-0.2, -0.15) is 24.9 Å². The van der Waals surface area contributed by atoms with Crippen LogP contribution in [-0.4, -0.2) is 41.2 Å². The van der Waals surface area contributed by atoms with Crippen LogP contribution in [0.3, 0.4) is 0 Å². The molecule has 0 rings (SSSR count). The maximum Gasteiger partial charge on any atom is 0.391 e. The zero-order valence-corrected chi connectivity index (χ0v) is 9.32. The Morgan fingerprint density at radius 2 is 2.00 bits per heavy atom. The average Bonchev–Trinajstić information content (AvgIpc) is 2.11. The van der Waals surface area contributed by atoms with Crippen LogP contribution in [0.2, 0.25) is 0 Å². The highest BCUT2D eigenvalue weighted by molar-refractivity contribution is 7.98. The summed E-state index contributed by atoms with van der Waals surface area (Å²) in [5.74, 6) is -1.94. The number of halogens is 3. The van der Waals surface area contributed by atoms with Crippen LogP contribution in [0.15, 0.2) is 0 Å². The zero-order chi connectivity index (χ0) is 12.8. The molecule has 0 aromatic rings. The average molecular weight is 259 g/mol. The lowest BCUT2D eigenvalue weighted by molar-refractivity contribution is -0.159. The van der Waals surface area contributed by atoms with Gasteiger partial charge in [0.15, 0.2) is 0 Å². The zero-order valence-electron chi connectivity index (χ0n) is 8.50. The molecule has 1 amide bonds. The van der Waals surface area contributed by atoms with Crippen LogP contribution >= 0.6 is 11.8 Å². The number of carbonyl (C=O) groups excluding carboxylic acids is 1. The molecule has 4 nitrogen and oxygen atoms in total. The van der Waals surface area contributed by atoms with Crippen molar-refractivity contribution < 1.29 is 27.9 Å². The van der Waals surface area contributed by atoms with Crippen LogP contribution in [0, 0.1) is 0 Å². The number of thioether (sulfide) groups is 1. The van der Waals surface area contributed by atoms with E-state index in [1.807, 2.05) is 5.32 Å². The normalized spacial score (nSPS) is 13.2. The van der Waals surface area contributed by atoms with Crippen LogP contribution in [0.4, 0.5) is 13.2 Å². The fraction of sp³-hybridized carbons (Fsp3) is 0.750. The predicted octanol–water partition coefficient (Wildman–Crippen LogP) is 1.26. The van der Waals surface area contributed by atoms with E-state index in [-0.39, 0.29) is 6.42 Å². The van der Waals surface area contributed by atoms with Crippen molar-refractivity contribution in [3.8, 4) is 0 Å². The Hall–Kier alpha value is -0.920. The summed E-state index contributed by atoms with van der Waals surface area (Å²) in [6, 6.07) is -1.91. The molecule has 8 heteroatoms. The van der Waals surface area contributed by atoms with Gasteiger partial charge >= 0.3 is 12.1 Å². The van der Waals surface area contributed by atoms with E-state index in [1.165, 1.54) is 11.8 Å². The Morgan fingerprint density at radius 1 is 1.44 bits per heavy atom. The van der Waals surface area contributed by atoms with Crippen molar-refractivity contribution in [2.45, 2.75) is 25.1 Å². The van der Waals surface area contributed by atoms with E-state index < -0.39 is 30.5 Å². The molecule has 1 unspecified atom stereocenters. The second-order valence-electron chi connectivity index (χ2n) is 3.02. The van der Waals surface area contributed by atoms with E-state index in [4.69, 9.17) is 5.11 Å². The van der Waals surface area contributed by atoms with E-state index >= 15 is 0 Å². The molecule has 0 saturated heterocycles. The highest BCUT2D eigenvalue weighted by Gasteiger charge is 2.36. The van der Waals surface area contributed by atoms with Crippen molar-refractivity contribution in [1.29, 1.82) is 0 Å². The first-order valence-corrected chi connectivity index (χ1v) is 5.73. The van der Waals surface area contributed by atoms with Gasteiger partial charge < -0.3 is 10.4 Å². The van der Waals surface area contributed by atoms with Gasteiger partial charge in [0.25, 0.3) is 0 Å². The van der Waals surface area contributed by atoms with E-state index in [2.05, 4.69) is 0 Å². The Morgan fingerprint density at radius 3 is 2.38 bits per heavy atom. The summed E-state index contributed by atoms with van der Waals surface area (Å²) >= 11 is 1.35. The minimum absolute atomic E-state index is 0.00278. The number of rotatable bonds is 6. The molecule has 0 aromatic heterocycles. The largest absolute Gasteiger partial charge is 0.480 e. The maximum atomic E-state index is 11.9. The summed E-state index contributed by atoms with van der Waals surface area (Å²) in [6.45, 7) is 0. The highest BCUT2D eigenvalue weighted by Crippen LogP contribution is 2.21. The lowest BCUT2D eigenvalue weighted by Gasteiger charge is -2.16. The van der Waals surface area contributed by atoms with Gasteiger partial charge in [0, 0.05) is 12.2 Å². The lowest BCUT2D eigenvalue weighted by atomic mass is 10.2. The number of hydrogen-bond donors (Lipinski definition) is 2. The van der Waals surface area contributed by atoms with Crippen molar-refractivity contribution in [2.75, 3.05) is 12.0 Å². The van der Waals surface area contributed by atoms with Crippen LogP contribution in [0.5, 0.6) is 0 Å².